The van der Waals surface area contributed by atoms with Crippen LogP contribution in [0.15, 0.2) is 47.4 Å². The number of hydrazine groups is 1. The molecule has 0 unspecified atom stereocenters. The minimum Gasteiger partial charge on any atom is -0.272 e. The van der Waals surface area contributed by atoms with Gasteiger partial charge in [-0.15, -0.1) is 11.8 Å². The smallest absolute Gasteiger partial charge is 0.270 e. The van der Waals surface area contributed by atoms with Crippen LogP contribution >= 0.6 is 23.4 Å². The SMILES string of the molecule is O=C(CSc1ccc(F)c(Cl)c1)NNC(=O)c1cccc([N+](=O)[O-])c1. The highest BCUT2D eigenvalue weighted by Gasteiger charge is 2.12. The third-order valence-electron chi connectivity index (χ3n) is 2.90. The van der Waals surface area contributed by atoms with Crippen molar-refractivity contribution in [3.8, 4) is 0 Å². The summed E-state index contributed by atoms with van der Waals surface area (Å²) in [4.78, 5) is 34.2. The molecule has 2 N–H and O–H groups in total. The molecule has 0 heterocycles. The molecule has 2 rings (SSSR count). The second kappa shape index (κ2) is 8.45. The predicted octanol–water partition coefficient (Wildman–Crippen LogP) is 2.94. The van der Waals surface area contributed by atoms with Crippen LogP contribution in [0.5, 0.6) is 0 Å². The second-order valence-corrected chi connectivity index (χ2v) is 6.13. The van der Waals surface area contributed by atoms with E-state index in [1.54, 1.807) is 0 Å². The molecule has 0 aliphatic carbocycles. The normalized spacial score (nSPS) is 10.2. The first-order valence-electron chi connectivity index (χ1n) is 6.78. The van der Waals surface area contributed by atoms with Crippen LogP contribution in [0, 0.1) is 15.9 Å². The number of carbonyl (C=O) groups is 2. The largest absolute Gasteiger partial charge is 0.272 e. The Hall–Kier alpha value is -2.65. The number of nitro groups is 1. The van der Waals surface area contributed by atoms with Crippen molar-refractivity contribution < 1.29 is 18.9 Å². The maximum Gasteiger partial charge on any atom is 0.270 e. The van der Waals surface area contributed by atoms with Crippen molar-refractivity contribution >= 4 is 40.9 Å². The van der Waals surface area contributed by atoms with Gasteiger partial charge in [-0.25, -0.2) is 4.39 Å². The standard InChI is InChI=1S/C15H11ClFN3O4S/c16-12-7-11(4-5-13(12)17)25-8-14(21)18-19-15(22)9-2-1-3-10(6-9)20(23)24/h1-7H,8H2,(H,18,21)(H,19,22). The number of rotatable bonds is 5. The van der Waals surface area contributed by atoms with Gasteiger partial charge < -0.3 is 0 Å². The van der Waals surface area contributed by atoms with E-state index < -0.39 is 22.6 Å². The zero-order chi connectivity index (χ0) is 18.4. The molecule has 0 aliphatic rings. The zero-order valence-corrected chi connectivity index (χ0v) is 14.1. The van der Waals surface area contributed by atoms with E-state index >= 15 is 0 Å². The molecule has 10 heteroatoms. The number of hydrogen-bond acceptors (Lipinski definition) is 5. The molecule has 2 aromatic carbocycles. The highest BCUT2D eigenvalue weighted by Crippen LogP contribution is 2.23. The summed E-state index contributed by atoms with van der Waals surface area (Å²) in [5, 5.41) is 10.6. The average molecular weight is 384 g/mol. The van der Waals surface area contributed by atoms with Crippen LogP contribution in [0.1, 0.15) is 10.4 Å². The molecule has 0 aromatic heterocycles. The molecule has 0 bridgehead atoms. The Labute approximate surface area is 150 Å². The third kappa shape index (κ3) is 5.44. The quantitative estimate of drug-likeness (QED) is 0.469. The molecule has 0 radical (unpaired) electrons. The predicted molar refractivity (Wildman–Crippen MR) is 90.8 cm³/mol. The van der Waals surface area contributed by atoms with E-state index in [4.69, 9.17) is 11.6 Å². The number of halogens is 2. The van der Waals surface area contributed by atoms with Gasteiger partial charge in [0.15, 0.2) is 0 Å². The molecule has 25 heavy (non-hydrogen) atoms. The van der Waals surface area contributed by atoms with Crippen LogP contribution in [0.25, 0.3) is 0 Å². The fourth-order valence-corrected chi connectivity index (χ4v) is 2.69. The van der Waals surface area contributed by atoms with Gasteiger partial charge in [-0.2, -0.15) is 0 Å². The fraction of sp³-hybridized carbons (Fsp3) is 0.0667. The van der Waals surface area contributed by atoms with Gasteiger partial charge in [-0.1, -0.05) is 17.7 Å². The summed E-state index contributed by atoms with van der Waals surface area (Å²) in [5.74, 6) is -1.80. The molecule has 0 fully saturated rings. The molecule has 130 valence electrons. The Bertz CT molecular complexity index is 834. The number of nitrogens with one attached hydrogen (secondary N) is 2. The van der Waals surface area contributed by atoms with Crippen LogP contribution in [0.4, 0.5) is 10.1 Å². The van der Waals surface area contributed by atoms with Crippen molar-refractivity contribution in [2.75, 3.05) is 5.75 Å². The van der Waals surface area contributed by atoms with Crippen LogP contribution < -0.4 is 10.9 Å². The minimum absolute atomic E-state index is 0.0347. The number of amides is 2. The topological polar surface area (TPSA) is 101 Å². The molecular formula is C15H11ClFN3O4S. The molecule has 0 aliphatic heterocycles. The maximum absolute atomic E-state index is 13.0. The zero-order valence-electron chi connectivity index (χ0n) is 12.5. The van der Waals surface area contributed by atoms with E-state index in [0.29, 0.717) is 4.90 Å². The third-order valence-corrected chi connectivity index (χ3v) is 4.18. The number of carbonyl (C=O) groups excluding carboxylic acids is 2. The summed E-state index contributed by atoms with van der Waals surface area (Å²) in [6.07, 6.45) is 0. The van der Waals surface area contributed by atoms with Gasteiger partial charge in [0.2, 0.25) is 5.91 Å². The van der Waals surface area contributed by atoms with Crippen molar-refractivity contribution in [2.45, 2.75) is 4.90 Å². The highest BCUT2D eigenvalue weighted by molar-refractivity contribution is 8.00. The van der Waals surface area contributed by atoms with Crippen molar-refractivity contribution in [3.63, 3.8) is 0 Å². The maximum atomic E-state index is 13.0. The summed E-state index contributed by atoms with van der Waals surface area (Å²) in [6.45, 7) is 0. The van der Waals surface area contributed by atoms with Crippen LogP contribution in [0.2, 0.25) is 5.02 Å². The van der Waals surface area contributed by atoms with E-state index in [1.165, 1.54) is 36.4 Å². The molecule has 2 aromatic rings. The van der Waals surface area contributed by atoms with Crippen LogP contribution in [0.3, 0.4) is 0 Å². The molecule has 0 saturated heterocycles. The number of nitrogens with zero attached hydrogens (tertiary/aromatic N) is 1. The van der Waals surface area contributed by atoms with Crippen molar-refractivity contribution in [3.05, 3.63) is 69.0 Å². The Kier molecular flexibility index (Phi) is 6.31. The lowest BCUT2D eigenvalue weighted by molar-refractivity contribution is -0.384. The number of benzene rings is 2. The first-order chi connectivity index (χ1) is 11.9. The van der Waals surface area contributed by atoms with Crippen molar-refractivity contribution in [1.82, 2.24) is 10.9 Å². The van der Waals surface area contributed by atoms with Crippen LogP contribution in [-0.2, 0) is 4.79 Å². The first kappa shape index (κ1) is 18.7. The Morgan fingerprint density at radius 3 is 2.64 bits per heavy atom. The fourth-order valence-electron chi connectivity index (χ4n) is 1.71. The minimum atomic E-state index is -0.688. The average Bonchev–Trinajstić information content (AvgIpc) is 2.60. The van der Waals surface area contributed by atoms with E-state index in [1.807, 2.05) is 0 Å². The molecule has 0 spiro atoms. The summed E-state index contributed by atoms with van der Waals surface area (Å²) in [6, 6.07) is 9.13. The van der Waals surface area contributed by atoms with Gasteiger partial charge >= 0.3 is 0 Å². The Balaban J connectivity index is 1.85. The van der Waals surface area contributed by atoms with E-state index in [2.05, 4.69) is 10.9 Å². The lowest BCUT2D eigenvalue weighted by Crippen LogP contribution is -2.42. The highest BCUT2D eigenvalue weighted by atomic mass is 35.5. The van der Waals surface area contributed by atoms with Crippen molar-refractivity contribution in [1.29, 1.82) is 0 Å². The van der Waals surface area contributed by atoms with E-state index in [9.17, 15) is 24.1 Å². The van der Waals surface area contributed by atoms with Crippen LogP contribution in [-0.4, -0.2) is 22.5 Å². The molecule has 0 atom stereocenters. The Morgan fingerprint density at radius 1 is 1.20 bits per heavy atom. The number of non-ortho nitro benzene ring substituents is 1. The lowest BCUT2D eigenvalue weighted by Gasteiger charge is -2.07. The van der Waals surface area contributed by atoms with Gasteiger partial charge in [-0.3, -0.25) is 30.6 Å². The number of hydrogen-bond donors (Lipinski definition) is 2. The summed E-state index contributed by atoms with van der Waals surface area (Å²) in [5.41, 5.74) is 4.15. The van der Waals surface area contributed by atoms with Gasteiger partial charge in [0, 0.05) is 22.6 Å². The summed E-state index contributed by atoms with van der Waals surface area (Å²) in [7, 11) is 0. The van der Waals surface area contributed by atoms with Crippen molar-refractivity contribution in [2.24, 2.45) is 0 Å². The summed E-state index contributed by atoms with van der Waals surface area (Å²) < 4.78 is 13.0. The first-order valence-corrected chi connectivity index (χ1v) is 8.14. The van der Waals surface area contributed by atoms with Gasteiger partial charge in [0.05, 0.1) is 15.7 Å². The molecule has 2 amide bonds. The van der Waals surface area contributed by atoms with Gasteiger partial charge in [-0.05, 0) is 24.3 Å². The molecule has 0 saturated carbocycles. The van der Waals surface area contributed by atoms with Gasteiger partial charge in [0.25, 0.3) is 11.6 Å². The summed E-state index contributed by atoms with van der Waals surface area (Å²) >= 11 is 6.74. The molecular weight excluding hydrogens is 373 g/mol. The second-order valence-electron chi connectivity index (χ2n) is 4.67. The molecule has 7 nitrogen and oxygen atoms in total. The monoisotopic (exact) mass is 383 g/mol. The lowest BCUT2D eigenvalue weighted by atomic mass is 10.2. The number of thioether (sulfide) groups is 1. The van der Waals surface area contributed by atoms with E-state index in [0.717, 1.165) is 17.8 Å². The number of nitro benzene ring substituents is 1. The van der Waals surface area contributed by atoms with E-state index in [-0.39, 0.29) is 22.0 Å². The Morgan fingerprint density at radius 2 is 1.96 bits per heavy atom. The van der Waals surface area contributed by atoms with Gasteiger partial charge in [0.1, 0.15) is 5.82 Å².